The van der Waals surface area contributed by atoms with Gasteiger partial charge in [0, 0.05) is 4.91 Å². The summed E-state index contributed by atoms with van der Waals surface area (Å²) in [6.07, 6.45) is 0. The van der Waals surface area contributed by atoms with E-state index in [4.69, 9.17) is 4.74 Å². The number of thioether (sulfide) groups is 1. The fourth-order valence-electron chi connectivity index (χ4n) is 0.410. The summed E-state index contributed by atoms with van der Waals surface area (Å²) in [6.45, 7) is 4.07. The number of rotatable bonds is 0. The molecule has 0 bridgehead atoms. The standard InChI is InChI=1S/C5H8OS/c1-4-5(2)7-3-6-4/h3H2,1-2H3. The molecule has 0 saturated heterocycles. The van der Waals surface area contributed by atoms with Crippen molar-refractivity contribution in [3.63, 3.8) is 0 Å². The number of ether oxygens (including phenoxy) is 1. The van der Waals surface area contributed by atoms with E-state index in [9.17, 15) is 0 Å². The first kappa shape index (κ1) is 5.04. The SMILES string of the molecule is CC1=C(C)SCO1. The molecule has 0 radical (unpaired) electrons. The zero-order valence-electron chi connectivity index (χ0n) is 4.52. The van der Waals surface area contributed by atoms with Gasteiger partial charge in [0.05, 0.1) is 0 Å². The van der Waals surface area contributed by atoms with E-state index in [0.29, 0.717) is 0 Å². The van der Waals surface area contributed by atoms with Gasteiger partial charge in [0.1, 0.15) is 11.7 Å². The summed E-state index contributed by atoms with van der Waals surface area (Å²) in [7, 11) is 0. The quantitative estimate of drug-likeness (QED) is 0.478. The van der Waals surface area contributed by atoms with Gasteiger partial charge in [-0.2, -0.15) is 0 Å². The third kappa shape index (κ3) is 0.911. The van der Waals surface area contributed by atoms with Crippen LogP contribution in [0, 0.1) is 0 Å². The van der Waals surface area contributed by atoms with E-state index in [2.05, 4.69) is 6.92 Å². The predicted molar refractivity (Wildman–Crippen MR) is 31.9 cm³/mol. The summed E-state index contributed by atoms with van der Waals surface area (Å²) in [6, 6.07) is 0. The van der Waals surface area contributed by atoms with Gasteiger partial charge >= 0.3 is 0 Å². The lowest BCUT2D eigenvalue weighted by Gasteiger charge is -1.89. The van der Waals surface area contributed by atoms with Crippen LogP contribution >= 0.6 is 11.8 Å². The third-order valence-corrected chi connectivity index (χ3v) is 2.00. The first-order valence-electron chi connectivity index (χ1n) is 2.24. The Balaban J connectivity index is 2.64. The summed E-state index contributed by atoms with van der Waals surface area (Å²) >= 11 is 1.76. The Bertz CT molecular complexity index is 94.6. The summed E-state index contributed by atoms with van der Waals surface area (Å²) in [5, 5.41) is 0. The molecular weight excluding hydrogens is 108 g/mol. The minimum Gasteiger partial charge on any atom is -0.486 e. The minimum atomic E-state index is 0.817. The van der Waals surface area contributed by atoms with Gasteiger partial charge < -0.3 is 4.74 Å². The van der Waals surface area contributed by atoms with Crippen LogP contribution in [0.1, 0.15) is 13.8 Å². The highest BCUT2D eigenvalue weighted by Gasteiger charge is 2.05. The highest BCUT2D eigenvalue weighted by molar-refractivity contribution is 8.03. The van der Waals surface area contributed by atoms with Crippen LogP contribution in [0.15, 0.2) is 10.7 Å². The van der Waals surface area contributed by atoms with Crippen LogP contribution in [0.3, 0.4) is 0 Å². The lowest BCUT2D eigenvalue weighted by Crippen LogP contribution is -1.74. The molecule has 2 heteroatoms. The maximum Gasteiger partial charge on any atom is 0.137 e. The van der Waals surface area contributed by atoms with Crippen molar-refractivity contribution in [3.05, 3.63) is 10.7 Å². The van der Waals surface area contributed by atoms with Crippen molar-refractivity contribution >= 4 is 11.8 Å². The largest absolute Gasteiger partial charge is 0.486 e. The summed E-state index contributed by atoms with van der Waals surface area (Å²) in [5.41, 5.74) is 0. The molecule has 0 spiro atoms. The fraction of sp³-hybridized carbons (Fsp3) is 0.600. The molecule has 0 unspecified atom stereocenters. The summed E-state index contributed by atoms with van der Waals surface area (Å²) in [4.78, 5) is 1.32. The third-order valence-electron chi connectivity index (χ3n) is 1.05. The molecule has 1 heterocycles. The number of allylic oxidation sites excluding steroid dienone is 2. The average Bonchev–Trinajstić information content (AvgIpc) is 1.91. The molecule has 0 aromatic rings. The van der Waals surface area contributed by atoms with Crippen LogP contribution < -0.4 is 0 Å². The van der Waals surface area contributed by atoms with Crippen molar-refractivity contribution in [3.8, 4) is 0 Å². The molecule has 0 fully saturated rings. The maximum atomic E-state index is 5.11. The van der Waals surface area contributed by atoms with E-state index in [1.54, 1.807) is 11.8 Å². The zero-order chi connectivity index (χ0) is 5.28. The van der Waals surface area contributed by atoms with E-state index in [0.717, 1.165) is 11.7 Å². The molecule has 0 N–H and O–H groups in total. The molecule has 1 rings (SSSR count). The van der Waals surface area contributed by atoms with Crippen LogP contribution in [-0.4, -0.2) is 5.94 Å². The van der Waals surface area contributed by atoms with E-state index < -0.39 is 0 Å². The molecule has 0 aromatic heterocycles. The summed E-state index contributed by atoms with van der Waals surface area (Å²) < 4.78 is 5.11. The predicted octanol–water partition coefficient (Wildman–Crippen LogP) is 1.96. The van der Waals surface area contributed by atoms with Gasteiger partial charge in [-0.1, -0.05) is 11.8 Å². The van der Waals surface area contributed by atoms with Crippen molar-refractivity contribution in [2.24, 2.45) is 0 Å². The Kier molecular flexibility index (Phi) is 1.28. The van der Waals surface area contributed by atoms with E-state index >= 15 is 0 Å². The number of hydrogen-bond donors (Lipinski definition) is 0. The van der Waals surface area contributed by atoms with Gasteiger partial charge in [0.25, 0.3) is 0 Å². The molecule has 0 atom stereocenters. The van der Waals surface area contributed by atoms with Crippen LogP contribution in [0.2, 0.25) is 0 Å². The average molecular weight is 116 g/mol. The maximum absolute atomic E-state index is 5.11. The molecule has 0 amide bonds. The lowest BCUT2D eigenvalue weighted by molar-refractivity contribution is 0.282. The molecule has 1 aliphatic heterocycles. The van der Waals surface area contributed by atoms with Crippen molar-refractivity contribution < 1.29 is 4.74 Å². The van der Waals surface area contributed by atoms with Gasteiger partial charge in [-0.15, -0.1) is 0 Å². The Morgan fingerprint density at radius 3 is 2.43 bits per heavy atom. The van der Waals surface area contributed by atoms with Crippen molar-refractivity contribution in [2.45, 2.75) is 13.8 Å². The van der Waals surface area contributed by atoms with Gasteiger partial charge in [-0.3, -0.25) is 0 Å². The monoisotopic (exact) mass is 116 g/mol. The normalized spacial score (nSPS) is 20.3. The van der Waals surface area contributed by atoms with Crippen molar-refractivity contribution in [1.29, 1.82) is 0 Å². The van der Waals surface area contributed by atoms with Gasteiger partial charge in [-0.05, 0) is 13.8 Å². The highest BCUT2D eigenvalue weighted by atomic mass is 32.2. The second-order valence-electron chi connectivity index (χ2n) is 1.52. The molecule has 1 aliphatic rings. The molecule has 0 aromatic carbocycles. The smallest absolute Gasteiger partial charge is 0.137 e. The Morgan fingerprint density at radius 1 is 1.57 bits per heavy atom. The van der Waals surface area contributed by atoms with Crippen molar-refractivity contribution in [2.75, 3.05) is 5.94 Å². The molecule has 7 heavy (non-hydrogen) atoms. The van der Waals surface area contributed by atoms with E-state index in [1.165, 1.54) is 4.91 Å². The highest BCUT2D eigenvalue weighted by Crippen LogP contribution is 2.27. The van der Waals surface area contributed by atoms with Gasteiger partial charge in [-0.25, -0.2) is 0 Å². The zero-order valence-corrected chi connectivity index (χ0v) is 5.34. The van der Waals surface area contributed by atoms with E-state index in [-0.39, 0.29) is 0 Å². The van der Waals surface area contributed by atoms with Crippen molar-refractivity contribution in [1.82, 2.24) is 0 Å². The fourth-order valence-corrected chi connectivity index (χ4v) is 1.08. The van der Waals surface area contributed by atoms with Crippen LogP contribution in [0.25, 0.3) is 0 Å². The van der Waals surface area contributed by atoms with E-state index in [1.807, 2.05) is 6.92 Å². The Hall–Kier alpha value is -0.110. The van der Waals surface area contributed by atoms with Crippen LogP contribution in [-0.2, 0) is 4.74 Å². The second kappa shape index (κ2) is 1.78. The first-order chi connectivity index (χ1) is 3.30. The first-order valence-corrected chi connectivity index (χ1v) is 3.22. The number of hydrogen-bond acceptors (Lipinski definition) is 2. The van der Waals surface area contributed by atoms with Crippen LogP contribution in [0.5, 0.6) is 0 Å². The lowest BCUT2D eigenvalue weighted by atomic mass is 10.5. The van der Waals surface area contributed by atoms with Gasteiger partial charge in [0.15, 0.2) is 0 Å². The Morgan fingerprint density at radius 2 is 2.29 bits per heavy atom. The van der Waals surface area contributed by atoms with Crippen LogP contribution in [0.4, 0.5) is 0 Å². The summed E-state index contributed by atoms with van der Waals surface area (Å²) in [5.74, 6) is 1.91. The Labute approximate surface area is 47.7 Å². The topological polar surface area (TPSA) is 9.23 Å². The second-order valence-corrected chi connectivity index (χ2v) is 2.66. The molecule has 0 aliphatic carbocycles. The molecular formula is C5H8OS. The van der Waals surface area contributed by atoms with Gasteiger partial charge in [0.2, 0.25) is 0 Å². The molecule has 1 nitrogen and oxygen atoms in total. The molecule has 0 saturated carbocycles. The molecule has 40 valence electrons. The minimum absolute atomic E-state index is 0.817.